The molecular weight excluding hydrogens is 503 g/mol. The zero-order chi connectivity index (χ0) is 26.5. The Labute approximate surface area is 215 Å². The van der Waals surface area contributed by atoms with Crippen LogP contribution in [0, 0.1) is 6.92 Å². The largest absolute Gasteiger partial charge is 0.573 e. The van der Waals surface area contributed by atoms with Gasteiger partial charge in [-0.3, -0.25) is 14.9 Å². The number of aryl methyl sites for hydroxylation is 1. The summed E-state index contributed by atoms with van der Waals surface area (Å²) in [5.41, 5.74) is 4.60. The number of nitrogens with one attached hydrogen (secondary N) is 1. The highest BCUT2D eigenvalue weighted by atomic mass is 32.2. The number of carbonyl (C=O) groups excluding carboxylic acids is 2. The molecule has 1 N–H and O–H groups in total. The molecule has 0 atom stereocenters. The standard InChI is InChI=1S/C28H22F3NO4S/c1-15-11-21-19(17(8-9-27(21,2)3)22-5-4-10-35-22)14-18(15)20-12-16(6-7-23(20)36-28(29,30)31)13-24-25(33)32-26(34)37-24/h4-8,10-14H,9H2,1-3H3,(H,32,33,34). The first-order valence-corrected chi connectivity index (χ1v) is 12.3. The number of imide groups is 1. The van der Waals surface area contributed by atoms with Gasteiger partial charge >= 0.3 is 6.36 Å². The number of amides is 2. The Morgan fingerprint density at radius 2 is 1.86 bits per heavy atom. The number of allylic oxidation sites excluding steroid dienone is 1. The third kappa shape index (κ3) is 4.96. The van der Waals surface area contributed by atoms with Crippen LogP contribution >= 0.6 is 11.8 Å². The molecule has 1 aliphatic carbocycles. The zero-order valence-corrected chi connectivity index (χ0v) is 21.0. The number of halogens is 3. The first-order valence-electron chi connectivity index (χ1n) is 11.5. The van der Waals surface area contributed by atoms with Gasteiger partial charge in [-0.25, -0.2) is 0 Å². The molecule has 0 radical (unpaired) electrons. The molecule has 0 spiro atoms. The summed E-state index contributed by atoms with van der Waals surface area (Å²) in [7, 11) is 0. The molecule has 2 aliphatic rings. The summed E-state index contributed by atoms with van der Waals surface area (Å²) < 4.78 is 50.1. The normalized spacial score (nSPS) is 18.0. The molecule has 37 heavy (non-hydrogen) atoms. The number of ether oxygens (including phenoxy) is 1. The number of carbonyl (C=O) groups is 2. The van der Waals surface area contributed by atoms with Crippen molar-refractivity contribution in [3.63, 3.8) is 0 Å². The average Bonchev–Trinajstić information content (AvgIpc) is 3.44. The smallest absolute Gasteiger partial charge is 0.464 e. The van der Waals surface area contributed by atoms with Crippen LogP contribution < -0.4 is 10.1 Å². The lowest BCUT2D eigenvalue weighted by Crippen LogP contribution is -2.22. The highest BCUT2D eigenvalue weighted by Gasteiger charge is 2.34. The van der Waals surface area contributed by atoms with Gasteiger partial charge in [0, 0.05) is 11.1 Å². The Hall–Kier alpha value is -3.72. The molecule has 2 aromatic carbocycles. The van der Waals surface area contributed by atoms with Crippen LogP contribution in [-0.2, 0) is 10.2 Å². The number of hydrogen-bond donors (Lipinski definition) is 1. The van der Waals surface area contributed by atoms with Crippen molar-refractivity contribution in [1.29, 1.82) is 0 Å². The quantitative estimate of drug-likeness (QED) is 0.356. The Bertz CT molecular complexity index is 1480. The van der Waals surface area contributed by atoms with Crippen LogP contribution in [-0.4, -0.2) is 17.5 Å². The van der Waals surface area contributed by atoms with E-state index in [2.05, 4.69) is 30.0 Å². The van der Waals surface area contributed by atoms with E-state index in [0.29, 0.717) is 16.9 Å². The minimum atomic E-state index is -4.90. The lowest BCUT2D eigenvalue weighted by atomic mass is 9.71. The number of thioether (sulfide) groups is 1. The monoisotopic (exact) mass is 525 g/mol. The summed E-state index contributed by atoms with van der Waals surface area (Å²) >= 11 is 0.737. The molecule has 3 aromatic rings. The second-order valence-corrected chi connectivity index (χ2v) is 10.6. The van der Waals surface area contributed by atoms with E-state index in [4.69, 9.17) is 4.42 Å². The molecule has 190 valence electrons. The third-order valence-corrected chi connectivity index (χ3v) is 7.26. The van der Waals surface area contributed by atoms with Crippen LogP contribution in [0.2, 0.25) is 0 Å². The first-order chi connectivity index (χ1) is 17.4. The Morgan fingerprint density at radius 3 is 2.51 bits per heavy atom. The Kier molecular flexibility index (Phi) is 6.06. The van der Waals surface area contributed by atoms with Gasteiger partial charge in [-0.15, -0.1) is 13.2 Å². The van der Waals surface area contributed by atoms with Gasteiger partial charge in [0.25, 0.3) is 11.1 Å². The third-order valence-electron chi connectivity index (χ3n) is 6.45. The van der Waals surface area contributed by atoms with Gasteiger partial charge in [-0.05, 0) is 94.7 Å². The fourth-order valence-electron chi connectivity index (χ4n) is 4.66. The van der Waals surface area contributed by atoms with Crippen molar-refractivity contribution in [2.45, 2.75) is 39.0 Å². The summed E-state index contributed by atoms with van der Waals surface area (Å²) in [6.45, 7) is 6.09. The van der Waals surface area contributed by atoms with E-state index in [-0.39, 0.29) is 21.6 Å². The SMILES string of the molecule is Cc1cc2c(cc1-c1cc(C=C3SC(=O)NC3=O)ccc1OC(F)(F)F)C(c1ccco1)=CCC2(C)C. The van der Waals surface area contributed by atoms with Gasteiger partial charge in [0.05, 0.1) is 11.2 Å². The molecule has 0 bridgehead atoms. The van der Waals surface area contributed by atoms with E-state index < -0.39 is 17.5 Å². The fourth-order valence-corrected chi connectivity index (χ4v) is 5.34. The lowest BCUT2D eigenvalue weighted by Gasteiger charge is -2.33. The summed E-state index contributed by atoms with van der Waals surface area (Å²) in [6, 6.07) is 11.7. The maximum Gasteiger partial charge on any atom is 0.573 e. The van der Waals surface area contributed by atoms with Crippen LogP contribution in [0.25, 0.3) is 22.8 Å². The van der Waals surface area contributed by atoms with E-state index in [1.807, 2.05) is 25.1 Å². The predicted molar refractivity (Wildman–Crippen MR) is 136 cm³/mol. The van der Waals surface area contributed by atoms with E-state index in [0.717, 1.165) is 40.4 Å². The van der Waals surface area contributed by atoms with E-state index in [1.54, 1.807) is 12.3 Å². The number of fused-ring (bicyclic) bond motifs is 1. The number of furan rings is 1. The summed E-state index contributed by atoms with van der Waals surface area (Å²) in [5.74, 6) is -0.241. The molecule has 2 amide bonds. The number of hydrogen-bond acceptors (Lipinski definition) is 5. The molecule has 9 heteroatoms. The number of rotatable bonds is 4. The van der Waals surface area contributed by atoms with Gasteiger partial charge in [0.2, 0.25) is 0 Å². The molecule has 1 saturated heterocycles. The molecular formula is C28H22F3NO4S. The first kappa shape index (κ1) is 25.0. The molecule has 5 rings (SSSR count). The Morgan fingerprint density at radius 1 is 1.08 bits per heavy atom. The van der Waals surface area contributed by atoms with Crippen molar-refractivity contribution >= 4 is 34.6 Å². The van der Waals surface area contributed by atoms with Crippen molar-refractivity contribution < 1.29 is 31.9 Å². The van der Waals surface area contributed by atoms with E-state index >= 15 is 0 Å². The second kappa shape index (κ2) is 8.99. The van der Waals surface area contributed by atoms with Crippen molar-refractivity contribution in [2.75, 3.05) is 0 Å². The van der Waals surface area contributed by atoms with Gasteiger partial charge < -0.3 is 9.15 Å². The topological polar surface area (TPSA) is 68.5 Å². The van der Waals surface area contributed by atoms with E-state index in [9.17, 15) is 22.8 Å². The van der Waals surface area contributed by atoms with Crippen LogP contribution in [0.3, 0.4) is 0 Å². The minimum Gasteiger partial charge on any atom is -0.464 e. The molecule has 1 fully saturated rings. The van der Waals surface area contributed by atoms with Gasteiger partial charge in [-0.2, -0.15) is 0 Å². The summed E-state index contributed by atoms with van der Waals surface area (Å²) in [6.07, 6.45) is 1.02. The second-order valence-electron chi connectivity index (χ2n) is 9.55. The zero-order valence-electron chi connectivity index (χ0n) is 20.2. The van der Waals surface area contributed by atoms with Crippen LogP contribution in [0.1, 0.15) is 48.3 Å². The molecule has 1 aromatic heterocycles. The van der Waals surface area contributed by atoms with Crippen LogP contribution in [0.5, 0.6) is 5.75 Å². The van der Waals surface area contributed by atoms with Crippen LogP contribution in [0.15, 0.2) is 64.1 Å². The van der Waals surface area contributed by atoms with Crippen molar-refractivity contribution in [3.8, 4) is 16.9 Å². The lowest BCUT2D eigenvalue weighted by molar-refractivity contribution is -0.274. The van der Waals surface area contributed by atoms with Gasteiger partial charge in [0.1, 0.15) is 11.5 Å². The molecule has 1 aliphatic heterocycles. The highest BCUT2D eigenvalue weighted by Crippen LogP contribution is 2.46. The average molecular weight is 526 g/mol. The maximum atomic E-state index is 13.3. The van der Waals surface area contributed by atoms with Crippen molar-refractivity contribution in [1.82, 2.24) is 5.32 Å². The van der Waals surface area contributed by atoms with E-state index in [1.165, 1.54) is 24.3 Å². The Balaban J connectivity index is 1.70. The van der Waals surface area contributed by atoms with Crippen LogP contribution in [0.4, 0.5) is 18.0 Å². The van der Waals surface area contributed by atoms with Gasteiger partial charge in [0.15, 0.2) is 0 Å². The molecule has 0 unspecified atom stereocenters. The molecule has 5 nitrogen and oxygen atoms in total. The number of benzene rings is 2. The highest BCUT2D eigenvalue weighted by molar-refractivity contribution is 8.18. The molecule has 2 heterocycles. The summed E-state index contributed by atoms with van der Waals surface area (Å²) in [5, 5.41) is 1.67. The van der Waals surface area contributed by atoms with Crippen molar-refractivity contribution in [3.05, 3.63) is 87.7 Å². The molecule has 0 saturated carbocycles. The maximum absolute atomic E-state index is 13.3. The predicted octanol–water partition coefficient (Wildman–Crippen LogP) is 7.59. The minimum absolute atomic E-state index is 0.160. The van der Waals surface area contributed by atoms with Gasteiger partial charge in [-0.1, -0.05) is 32.1 Å². The number of alkyl halides is 3. The fraction of sp³-hybridized carbons (Fsp3) is 0.214. The summed E-state index contributed by atoms with van der Waals surface area (Å²) in [4.78, 5) is 23.7. The van der Waals surface area contributed by atoms with Crippen molar-refractivity contribution in [2.24, 2.45) is 0 Å².